The number of carbonyl (C=O) groups is 2. The molecule has 0 aliphatic rings. The topological polar surface area (TPSA) is 86.8 Å². The Morgan fingerprint density at radius 2 is 1.66 bits per heavy atom. The third-order valence-corrected chi connectivity index (χ3v) is 8.38. The van der Waals surface area contributed by atoms with E-state index < -0.39 is 16.1 Å². The number of unbranched alkanes of at least 4 members (excludes halogenated alkanes) is 1. The smallest absolute Gasteiger partial charge is 0.243 e. The van der Waals surface area contributed by atoms with E-state index in [1.807, 2.05) is 61.5 Å². The van der Waals surface area contributed by atoms with Crippen molar-refractivity contribution in [2.45, 2.75) is 58.5 Å². The Balaban J connectivity index is 1.88. The van der Waals surface area contributed by atoms with Crippen LogP contribution in [0.15, 0.2) is 78.9 Å². The number of hydrogen-bond donors (Lipinski definition) is 1. The second-order valence-electron chi connectivity index (χ2n) is 10.2. The number of hydrogen-bond acceptors (Lipinski definition) is 4. The van der Waals surface area contributed by atoms with Gasteiger partial charge in [0.05, 0.1) is 11.9 Å². The molecule has 3 rings (SSSR count). The summed E-state index contributed by atoms with van der Waals surface area (Å²) in [5, 5.41) is 3.45. The molecule has 0 bridgehead atoms. The first-order valence-electron chi connectivity index (χ1n) is 14.0. The zero-order valence-corrected chi connectivity index (χ0v) is 25.6. The summed E-state index contributed by atoms with van der Waals surface area (Å²) in [6, 6.07) is 23.4. The Kier molecular flexibility index (Phi) is 12.2. The van der Waals surface area contributed by atoms with Crippen molar-refractivity contribution in [3.05, 3.63) is 101 Å². The molecule has 1 atom stereocenters. The first-order chi connectivity index (χ1) is 19.6. The predicted molar refractivity (Wildman–Crippen MR) is 166 cm³/mol. The van der Waals surface area contributed by atoms with Crippen molar-refractivity contribution >= 4 is 39.1 Å². The molecule has 0 aliphatic carbocycles. The van der Waals surface area contributed by atoms with Gasteiger partial charge in [-0.05, 0) is 54.7 Å². The molecular formula is C32H40ClN3O4S. The number of carbonyl (C=O) groups excluding carboxylic acids is 2. The van der Waals surface area contributed by atoms with E-state index in [2.05, 4.69) is 12.2 Å². The number of rotatable bonds is 15. The maximum atomic E-state index is 13.9. The maximum absolute atomic E-state index is 13.9. The second kappa shape index (κ2) is 15.6. The van der Waals surface area contributed by atoms with Crippen LogP contribution < -0.4 is 9.62 Å². The van der Waals surface area contributed by atoms with Crippen LogP contribution in [0, 0.1) is 6.92 Å². The van der Waals surface area contributed by atoms with Gasteiger partial charge in [-0.1, -0.05) is 85.6 Å². The normalized spacial score (nSPS) is 12.0. The van der Waals surface area contributed by atoms with Gasteiger partial charge in [-0.15, -0.1) is 0 Å². The third kappa shape index (κ3) is 9.90. The summed E-state index contributed by atoms with van der Waals surface area (Å²) in [5.74, 6) is -0.403. The van der Waals surface area contributed by atoms with Gasteiger partial charge in [-0.2, -0.15) is 0 Å². The molecular weight excluding hydrogens is 558 g/mol. The van der Waals surface area contributed by atoms with Crippen molar-refractivity contribution in [1.82, 2.24) is 10.2 Å². The van der Waals surface area contributed by atoms with Crippen LogP contribution in [0.3, 0.4) is 0 Å². The number of benzene rings is 3. The van der Waals surface area contributed by atoms with E-state index >= 15 is 0 Å². The van der Waals surface area contributed by atoms with Gasteiger partial charge in [0.1, 0.15) is 6.04 Å². The molecule has 9 heteroatoms. The lowest BCUT2D eigenvalue weighted by molar-refractivity contribution is -0.141. The average Bonchev–Trinajstić information content (AvgIpc) is 2.93. The molecule has 0 saturated heterocycles. The number of nitrogens with one attached hydrogen (secondary N) is 1. The van der Waals surface area contributed by atoms with E-state index in [1.165, 1.54) is 4.31 Å². The molecule has 3 aromatic rings. The van der Waals surface area contributed by atoms with Gasteiger partial charge in [-0.3, -0.25) is 13.9 Å². The molecule has 0 aliphatic heterocycles. The summed E-state index contributed by atoms with van der Waals surface area (Å²) in [6.07, 6.45) is 3.65. The summed E-state index contributed by atoms with van der Waals surface area (Å²) < 4.78 is 26.4. The van der Waals surface area contributed by atoms with Crippen LogP contribution in [0.25, 0.3) is 0 Å². The van der Waals surface area contributed by atoms with Gasteiger partial charge in [0.2, 0.25) is 21.8 Å². The monoisotopic (exact) mass is 597 g/mol. The zero-order chi connectivity index (χ0) is 29.8. The minimum atomic E-state index is -3.60. The first-order valence-corrected chi connectivity index (χ1v) is 16.2. The predicted octanol–water partition coefficient (Wildman–Crippen LogP) is 5.75. The van der Waals surface area contributed by atoms with Crippen LogP contribution in [0.5, 0.6) is 0 Å². The lowest BCUT2D eigenvalue weighted by atomic mass is 10.0. The Labute approximate surface area is 249 Å². The summed E-state index contributed by atoms with van der Waals surface area (Å²) >= 11 is 6.11. The quantitative estimate of drug-likeness (QED) is 0.226. The Bertz CT molecular complexity index is 1400. The van der Waals surface area contributed by atoms with Crippen LogP contribution in [-0.2, 0) is 32.6 Å². The van der Waals surface area contributed by atoms with Crippen molar-refractivity contribution in [3.63, 3.8) is 0 Å². The van der Waals surface area contributed by atoms with E-state index in [4.69, 9.17) is 11.6 Å². The number of halogens is 1. The van der Waals surface area contributed by atoms with Gasteiger partial charge in [0.25, 0.3) is 0 Å². The molecule has 1 N–H and O–H groups in total. The molecule has 2 amide bonds. The van der Waals surface area contributed by atoms with Crippen LogP contribution >= 0.6 is 11.6 Å². The van der Waals surface area contributed by atoms with Gasteiger partial charge in [0.15, 0.2) is 0 Å². The lowest BCUT2D eigenvalue weighted by Crippen LogP contribution is -2.50. The lowest BCUT2D eigenvalue weighted by Gasteiger charge is -2.32. The van der Waals surface area contributed by atoms with Crippen LogP contribution in [0.1, 0.15) is 49.3 Å². The number of nitrogens with zero attached hydrogens (tertiary/aromatic N) is 2. The molecule has 3 aromatic carbocycles. The molecule has 0 unspecified atom stereocenters. The van der Waals surface area contributed by atoms with Crippen molar-refractivity contribution in [2.24, 2.45) is 0 Å². The number of aryl methyl sites for hydroxylation is 1. The minimum Gasteiger partial charge on any atom is -0.354 e. The number of sulfonamides is 1. The van der Waals surface area contributed by atoms with E-state index in [-0.39, 0.29) is 37.7 Å². The Morgan fingerprint density at radius 1 is 0.951 bits per heavy atom. The average molecular weight is 598 g/mol. The summed E-state index contributed by atoms with van der Waals surface area (Å²) in [7, 11) is -3.60. The molecule has 0 heterocycles. The molecule has 220 valence electrons. The fraction of sp³-hybridized carbons (Fsp3) is 0.375. The van der Waals surface area contributed by atoms with Gasteiger partial charge in [0, 0.05) is 37.5 Å². The highest BCUT2D eigenvalue weighted by Crippen LogP contribution is 2.23. The van der Waals surface area contributed by atoms with Crippen LogP contribution in [-0.4, -0.2) is 50.5 Å². The molecule has 41 heavy (non-hydrogen) atoms. The molecule has 7 nitrogen and oxygen atoms in total. The highest BCUT2D eigenvalue weighted by molar-refractivity contribution is 7.92. The van der Waals surface area contributed by atoms with Crippen LogP contribution in [0.4, 0.5) is 5.69 Å². The maximum Gasteiger partial charge on any atom is 0.243 e. The molecule has 0 spiro atoms. The van der Waals surface area contributed by atoms with E-state index in [9.17, 15) is 18.0 Å². The third-order valence-electron chi connectivity index (χ3n) is 6.95. The molecule has 0 radical (unpaired) electrons. The highest BCUT2D eigenvalue weighted by Gasteiger charge is 2.30. The van der Waals surface area contributed by atoms with Crippen LogP contribution in [0.2, 0.25) is 5.02 Å². The SMILES string of the molecule is CCCCNC(=O)[C@@H](Cc1ccccc1)N(Cc1ccccc1C)C(=O)CCCN(c1cccc(Cl)c1)S(C)(=O)=O. The zero-order valence-electron chi connectivity index (χ0n) is 24.1. The minimum absolute atomic E-state index is 0.0754. The Hall–Kier alpha value is -3.36. The first kappa shape index (κ1) is 32.2. The molecule has 0 saturated carbocycles. The summed E-state index contributed by atoms with van der Waals surface area (Å²) in [6.45, 7) is 4.96. The summed E-state index contributed by atoms with van der Waals surface area (Å²) in [4.78, 5) is 29.1. The largest absolute Gasteiger partial charge is 0.354 e. The number of anilines is 1. The van der Waals surface area contributed by atoms with Crippen molar-refractivity contribution in [3.8, 4) is 0 Å². The van der Waals surface area contributed by atoms with E-state index in [0.29, 0.717) is 23.7 Å². The van der Waals surface area contributed by atoms with E-state index in [0.717, 1.165) is 35.8 Å². The number of amides is 2. The second-order valence-corrected chi connectivity index (χ2v) is 12.6. The van der Waals surface area contributed by atoms with E-state index in [1.54, 1.807) is 29.2 Å². The van der Waals surface area contributed by atoms with Gasteiger partial charge < -0.3 is 10.2 Å². The van der Waals surface area contributed by atoms with Crippen molar-refractivity contribution in [2.75, 3.05) is 23.7 Å². The van der Waals surface area contributed by atoms with Crippen molar-refractivity contribution < 1.29 is 18.0 Å². The van der Waals surface area contributed by atoms with Gasteiger partial charge in [-0.25, -0.2) is 8.42 Å². The fourth-order valence-corrected chi connectivity index (χ4v) is 5.81. The standard InChI is InChI=1S/C32H40ClN3O4S/c1-4-5-20-34-32(38)30(22-26-14-7-6-8-15-26)35(24-27-16-10-9-13-25(27)2)31(37)19-12-21-36(41(3,39)40)29-18-11-17-28(33)23-29/h6-11,13-18,23,30H,4-5,12,19-22,24H2,1-3H3,(H,34,38)/t30-/m1/s1. The van der Waals surface area contributed by atoms with Crippen molar-refractivity contribution in [1.29, 1.82) is 0 Å². The van der Waals surface area contributed by atoms with Gasteiger partial charge >= 0.3 is 0 Å². The molecule has 0 fully saturated rings. The fourth-order valence-electron chi connectivity index (χ4n) is 4.67. The summed E-state index contributed by atoms with van der Waals surface area (Å²) in [5.41, 5.74) is 3.38. The Morgan fingerprint density at radius 3 is 2.32 bits per heavy atom. The molecule has 0 aromatic heterocycles. The highest BCUT2D eigenvalue weighted by atomic mass is 35.5.